The van der Waals surface area contributed by atoms with E-state index in [1.54, 1.807) is 26.0 Å². The van der Waals surface area contributed by atoms with Gasteiger partial charge in [0, 0.05) is 0 Å². The summed E-state index contributed by atoms with van der Waals surface area (Å²) in [5, 5.41) is 44.0. The SMILES string of the molecule is CC(C)C(NC(=O)C(CC(=O)O)NC(=O)C(N)Cc1ccc(O)cc1)C(=O)NC(C(=O)O)C(C)O. The molecule has 0 saturated carbocycles. The molecular weight excluding hydrogens is 464 g/mol. The third kappa shape index (κ3) is 9.59. The molecule has 13 nitrogen and oxygen atoms in total. The van der Waals surface area contributed by atoms with E-state index in [-0.39, 0.29) is 12.2 Å². The molecule has 35 heavy (non-hydrogen) atoms. The molecule has 1 aromatic rings. The first-order valence-corrected chi connectivity index (χ1v) is 10.8. The van der Waals surface area contributed by atoms with Gasteiger partial charge in [-0.1, -0.05) is 26.0 Å². The van der Waals surface area contributed by atoms with E-state index >= 15 is 0 Å². The maximum Gasteiger partial charge on any atom is 0.328 e. The van der Waals surface area contributed by atoms with Crippen molar-refractivity contribution in [1.29, 1.82) is 0 Å². The average molecular weight is 497 g/mol. The van der Waals surface area contributed by atoms with Crippen molar-refractivity contribution < 1.29 is 44.4 Å². The number of aliphatic hydroxyl groups excluding tert-OH is 1. The molecule has 0 heterocycles. The Labute approximate surface area is 201 Å². The molecule has 0 aliphatic heterocycles. The number of aliphatic hydroxyl groups is 1. The molecule has 0 bridgehead atoms. The number of nitrogens with one attached hydrogen (secondary N) is 3. The van der Waals surface area contributed by atoms with Crippen LogP contribution < -0.4 is 21.7 Å². The number of aromatic hydroxyl groups is 1. The number of rotatable bonds is 13. The highest BCUT2D eigenvalue weighted by atomic mass is 16.4. The number of amides is 3. The number of carbonyl (C=O) groups excluding carboxylic acids is 3. The van der Waals surface area contributed by atoms with Crippen LogP contribution in [0.5, 0.6) is 5.75 Å². The smallest absolute Gasteiger partial charge is 0.328 e. The normalized spacial score (nSPS) is 15.3. The van der Waals surface area contributed by atoms with Crippen LogP contribution in [0.3, 0.4) is 0 Å². The molecule has 1 aromatic carbocycles. The van der Waals surface area contributed by atoms with E-state index in [4.69, 9.17) is 10.8 Å². The van der Waals surface area contributed by atoms with E-state index in [1.165, 1.54) is 19.1 Å². The molecular formula is C22H32N4O9. The highest BCUT2D eigenvalue weighted by Gasteiger charge is 2.34. The summed E-state index contributed by atoms with van der Waals surface area (Å²) in [6.45, 7) is 4.28. The average Bonchev–Trinajstić information content (AvgIpc) is 2.75. The van der Waals surface area contributed by atoms with Crippen molar-refractivity contribution in [3.8, 4) is 5.75 Å². The summed E-state index contributed by atoms with van der Waals surface area (Å²) in [5.41, 5.74) is 6.50. The van der Waals surface area contributed by atoms with Gasteiger partial charge in [-0.15, -0.1) is 0 Å². The van der Waals surface area contributed by atoms with Gasteiger partial charge in [0.15, 0.2) is 6.04 Å². The maximum absolute atomic E-state index is 12.8. The Balaban J connectivity index is 2.94. The quantitative estimate of drug-likeness (QED) is 0.154. The molecule has 3 amide bonds. The topological polar surface area (TPSA) is 228 Å². The summed E-state index contributed by atoms with van der Waals surface area (Å²) < 4.78 is 0. The number of aliphatic carboxylic acids is 2. The van der Waals surface area contributed by atoms with Crippen molar-refractivity contribution in [2.24, 2.45) is 11.7 Å². The van der Waals surface area contributed by atoms with Gasteiger partial charge in [0.05, 0.1) is 18.6 Å². The molecule has 0 aliphatic carbocycles. The van der Waals surface area contributed by atoms with Crippen LogP contribution in [0.25, 0.3) is 0 Å². The summed E-state index contributed by atoms with van der Waals surface area (Å²) in [5.74, 6) is -6.13. The van der Waals surface area contributed by atoms with Crippen LogP contribution in [0.1, 0.15) is 32.8 Å². The van der Waals surface area contributed by atoms with Crippen LogP contribution in [0.2, 0.25) is 0 Å². The van der Waals surface area contributed by atoms with Gasteiger partial charge in [0.25, 0.3) is 0 Å². The van der Waals surface area contributed by atoms with Gasteiger partial charge in [0.2, 0.25) is 17.7 Å². The Morgan fingerprint density at radius 1 is 0.857 bits per heavy atom. The minimum Gasteiger partial charge on any atom is -0.508 e. The molecule has 5 unspecified atom stereocenters. The first-order chi connectivity index (χ1) is 16.2. The zero-order valence-corrected chi connectivity index (χ0v) is 19.6. The minimum absolute atomic E-state index is 0.0248. The number of phenolic OH excluding ortho intramolecular Hbond substituents is 1. The molecule has 0 radical (unpaired) electrons. The highest BCUT2D eigenvalue weighted by Crippen LogP contribution is 2.11. The first kappa shape index (κ1) is 29.3. The fourth-order valence-electron chi connectivity index (χ4n) is 3.06. The second-order valence-corrected chi connectivity index (χ2v) is 8.43. The van der Waals surface area contributed by atoms with Gasteiger partial charge < -0.3 is 42.1 Å². The molecule has 0 saturated heterocycles. The van der Waals surface area contributed by atoms with E-state index in [0.29, 0.717) is 5.56 Å². The minimum atomic E-state index is -1.63. The summed E-state index contributed by atoms with van der Waals surface area (Å²) in [4.78, 5) is 60.5. The van der Waals surface area contributed by atoms with Crippen LogP contribution in [0, 0.1) is 5.92 Å². The molecule has 5 atom stereocenters. The number of hydrogen-bond acceptors (Lipinski definition) is 8. The number of carboxylic acids is 2. The molecule has 0 aromatic heterocycles. The third-order valence-electron chi connectivity index (χ3n) is 5.03. The van der Waals surface area contributed by atoms with Crippen molar-refractivity contribution in [1.82, 2.24) is 16.0 Å². The van der Waals surface area contributed by atoms with Crippen LogP contribution in [0.4, 0.5) is 0 Å². The zero-order valence-electron chi connectivity index (χ0n) is 19.6. The lowest BCUT2D eigenvalue weighted by molar-refractivity contribution is -0.146. The molecule has 13 heteroatoms. The lowest BCUT2D eigenvalue weighted by Gasteiger charge is -2.27. The highest BCUT2D eigenvalue weighted by molar-refractivity contribution is 5.95. The van der Waals surface area contributed by atoms with Gasteiger partial charge in [-0.3, -0.25) is 19.2 Å². The Morgan fingerprint density at radius 2 is 1.40 bits per heavy atom. The van der Waals surface area contributed by atoms with Crippen LogP contribution in [-0.2, 0) is 30.4 Å². The lowest BCUT2D eigenvalue weighted by Crippen LogP contribution is -2.59. The van der Waals surface area contributed by atoms with Gasteiger partial charge in [-0.05, 0) is 37.0 Å². The van der Waals surface area contributed by atoms with E-state index in [2.05, 4.69) is 16.0 Å². The summed E-state index contributed by atoms with van der Waals surface area (Å²) in [7, 11) is 0. The Kier molecular flexibility index (Phi) is 11.1. The number of nitrogens with two attached hydrogens (primary N) is 1. The number of benzene rings is 1. The molecule has 194 valence electrons. The molecule has 0 spiro atoms. The van der Waals surface area contributed by atoms with E-state index in [1.807, 2.05) is 0 Å². The number of carbonyl (C=O) groups is 5. The second-order valence-electron chi connectivity index (χ2n) is 8.43. The summed E-state index contributed by atoms with van der Waals surface area (Å²) in [6, 6.07) is 0.270. The number of hydrogen-bond donors (Lipinski definition) is 8. The predicted molar refractivity (Wildman–Crippen MR) is 122 cm³/mol. The van der Waals surface area contributed by atoms with Gasteiger partial charge in [-0.25, -0.2) is 4.79 Å². The van der Waals surface area contributed by atoms with Crippen LogP contribution >= 0.6 is 0 Å². The fourth-order valence-corrected chi connectivity index (χ4v) is 3.06. The maximum atomic E-state index is 12.8. The van der Waals surface area contributed by atoms with Crippen molar-refractivity contribution in [2.45, 2.75) is 63.9 Å². The zero-order chi connectivity index (χ0) is 26.9. The fraction of sp³-hybridized carbons (Fsp3) is 0.500. The Bertz CT molecular complexity index is 918. The van der Waals surface area contributed by atoms with Crippen molar-refractivity contribution in [3.05, 3.63) is 29.8 Å². The monoisotopic (exact) mass is 496 g/mol. The van der Waals surface area contributed by atoms with Crippen molar-refractivity contribution >= 4 is 29.7 Å². The Hall–Kier alpha value is -3.71. The van der Waals surface area contributed by atoms with Gasteiger partial charge in [0.1, 0.15) is 17.8 Å². The summed E-state index contributed by atoms with van der Waals surface area (Å²) in [6.07, 6.45) is -2.18. The predicted octanol–water partition coefficient (Wildman–Crippen LogP) is -1.69. The molecule has 0 fully saturated rings. The largest absolute Gasteiger partial charge is 0.508 e. The number of carboxylic acid groups (broad SMARTS) is 2. The van der Waals surface area contributed by atoms with E-state index in [0.717, 1.165) is 0 Å². The van der Waals surface area contributed by atoms with Crippen LogP contribution in [0.15, 0.2) is 24.3 Å². The standard InChI is InChI=1S/C22H32N4O9/c1-10(2)17(21(33)26-18(11(3)27)22(34)35)25-20(32)15(9-16(29)30)24-19(31)14(23)8-12-4-6-13(28)7-5-12/h4-7,10-11,14-15,17-18,27-28H,8-9,23H2,1-3H3,(H,24,31)(H,25,32)(H,26,33)(H,29,30)(H,34,35). The van der Waals surface area contributed by atoms with Crippen molar-refractivity contribution in [3.63, 3.8) is 0 Å². The van der Waals surface area contributed by atoms with Crippen LogP contribution in [-0.4, -0.2) is 80.4 Å². The molecule has 9 N–H and O–H groups in total. The summed E-state index contributed by atoms with van der Waals surface area (Å²) >= 11 is 0. The first-order valence-electron chi connectivity index (χ1n) is 10.8. The van der Waals surface area contributed by atoms with E-state index < -0.39 is 72.3 Å². The van der Waals surface area contributed by atoms with Gasteiger partial charge in [-0.2, -0.15) is 0 Å². The number of phenols is 1. The Morgan fingerprint density at radius 3 is 1.86 bits per heavy atom. The molecule has 1 rings (SSSR count). The molecule has 0 aliphatic rings. The lowest BCUT2D eigenvalue weighted by atomic mass is 10.0. The van der Waals surface area contributed by atoms with Gasteiger partial charge >= 0.3 is 11.9 Å². The van der Waals surface area contributed by atoms with Crippen molar-refractivity contribution in [2.75, 3.05) is 0 Å². The third-order valence-corrected chi connectivity index (χ3v) is 5.03. The van der Waals surface area contributed by atoms with E-state index in [9.17, 15) is 39.3 Å². The second kappa shape index (κ2) is 13.2.